The summed E-state index contributed by atoms with van der Waals surface area (Å²) in [6.45, 7) is 2.10. The van der Waals surface area contributed by atoms with Gasteiger partial charge in [-0.3, -0.25) is 4.90 Å². The molecule has 21 heavy (non-hydrogen) atoms. The topological polar surface area (TPSA) is 40.5 Å². The van der Waals surface area contributed by atoms with Crippen molar-refractivity contribution in [3.8, 4) is 0 Å². The molecule has 0 aromatic heterocycles. The summed E-state index contributed by atoms with van der Waals surface area (Å²) in [6, 6.07) is 8.17. The predicted molar refractivity (Wildman–Crippen MR) is 83.4 cm³/mol. The van der Waals surface area contributed by atoms with Crippen LogP contribution in [0.25, 0.3) is 0 Å². The molecule has 0 amide bonds. The molecule has 2 fully saturated rings. The fourth-order valence-electron chi connectivity index (χ4n) is 3.52. The minimum Gasteiger partial charge on any atom is -0.478 e. The Morgan fingerprint density at radius 3 is 2.57 bits per heavy atom. The van der Waals surface area contributed by atoms with Gasteiger partial charge in [-0.25, -0.2) is 4.79 Å². The largest absolute Gasteiger partial charge is 0.478 e. The number of nitrogens with zero attached hydrogens (tertiary/aromatic N) is 1. The van der Waals surface area contributed by atoms with Crippen molar-refractivity contribution in [3.63, 3.8) is 0 Å². The third-order valence-corrected chi connectivity index (χ3v) is 4.84. The van der Waals surface area contributed by atoms with Gasteiger partial charge in [0.05, 0.1) is 5.56 Å². The van der Waals surface area contributed by atoms with Crippen molar-refractivity contribution >= 4 is 5.97 Å². The second-order valence-corrected chi connectivity index (χ2v) is 6.67. The molecule has 0 aliphatic heterocycles. The van der Waals surface area contributed by atoms with Gasteiger partial charge in [0.15, 0.2) is 0 Å². The number of carboxylic acids is 1. The van der Waals surface area contributed by atoms with E-state index in [9.17, 15) is 4.79 Å². The Bertz CT molecular complexity index is 490. The van der Waals surface area contributed by atoms with E-state index in [0.717, 1.165) is 24.1 Å². The molecule has 0 bridgehead atoms. The van der Waals surface area contributed by atoms with E-state index in [-0.39, 0.29) is 0 Å². The molecular weight excluding hydrogens is 262 g/mol. The second kappa shape index (κ2) is 6.61. The molecule has 0 heterocycles. The number of hydrogen-bond acceptors (Lipinski definition) is 2. The average Bonchev–Trinajstić information content (AvgIpc) is 3.33. The van der Waals surface area contributed by atoms with E-state index in [2.05, 4.69) is 11.0 Å². The summed E-state index contributed by atoms with van der Waals surface area (Å²) in [5, 5.41) is 9.11. The van der Waals surface area contributed by atoms with Crippen LogP contribution in [0.15, 0.2) is 24.3 Å². The first-order chi connectivity index (χ1) is 10.2. The summed E-state index contributed by atoms with van der Waals surface area (Å²) in [4.78, 5) is 13.7. The summed E-state index contributed by atoms with van der Waals surface area (Å²) in [7, 11) is 0. The predicted octanol–water partition coefficient (Wildman–Crippen LogP) is 3.93. The molecule has 0 unspecified atom stereocenters. The summed E-state index contributed by atoms with van der Waals surface area (Å²) in [5.41, 5.74) is 1.54. The van der Waals surface area contributed by atoms with Crippen LogP contribution < -0.4 is 0 Å². The number of hydrogen-bond donors (Lipinski definition) is 1. The molecule has 3 heteroatoms. The van der Waals surface area contributed by atoms with Crippen LogP contribution >= 0.6 is 0 Å². The quantitative estimate of drug-likeness (QED) is 0.862. The van der Waals surface area contributed by atoms with E-state index >= 15 is 0 Å². The zero-order chi connectivity index (χ0) is 14.7. The summed E-state index contributed by atoms with van der Waals surface area (Å²) in [6.07, 6.45) is 9.55. The van der Waals surface area contributed by atoms with E-state index in [1.54, 1.807) is 6.07 Å². The monoisotopic (exact) mass is 287 g/mol. The Morgan fingerprint density at radius 2 is 1.90 bits per heavy atom. The van der Waals surface area contributed by atoms with Crippen LogP contribution in [0.1, 0.15) is 60.9 Å². The lowest BCUT2D eigenvalue weighted by Crippen LogP contribution is -2.32. The minimum absolute atomic E-state index is 0.404. The molecule has 114 valence electrons. The maximum absolute atomic E-state index is 11.1. The molecule has 2 aliphatic carbocycles. The highest BCUT2D eigenvalue weighted by molar-refractivity contribution is 5.87. The van der Waals surface area contributed by atoms with Gasteiger partial charge in [0.25, 0.3) is 0 Å². The third-order valence-electron chi connectivity index (χ3n) is 4.84. The van der Waals surface area contributed by atoms with Crippen molar-refractivity contribution in [3.05, 3.63) is 35.4 Å². The van der Waals surface area contributed by atoms with Gasteiger partial charge in [0.1, 0.15) is 0 Å². The normalized spacial score (nSPS) is 19.9. The lowest BCUT2D eigenvalue weighted by atomic mass is 9.89. The van der Waals surface area contributed by atoms with Crippen LogP contribution in [0.2, 0.25) is 0 Å². The average molecular weight is 287 g/mol. The van der Waals surface area contributed by atoms with Crippen LogP contribution in [0, 0.1) is 5.92 Å². The number of benzene rings is 1. The highest BCUT2D eigenvalue weighted by Crippen LogP contribution is 2.32. The Kier molecular flexibility index (Phi) is 4.59. The van der Waals surface area contributed by atoms with Gasteiger partial charge in [0.2, 0.25) is 0 Å². The van der Waals surface area contributed by atoms with Gasteiger partial charge in [0, 0.05) is 19.1 Å². The van der Waals surface area contributed by atoms with Crippen LogP contribution in [0.4, 0.5) is 0 Å². The molecule has 2 saturated carbocycles. The minimum atomic E-state index is -0.831. The Hall–Kier alpha value is -1.35. The number of carbonyl (C=O) groups is 1. The van der Waals surface area contributed by atoms with Gasteiger partial charge in [-0.05, 0) is 49.3 Å². The van der Waals surface area contributed by atoms with Crippen molar-refractivity contribution in [2.75, 3.05) is 6.54 Å². The first-order valence-corrected chi connectivity index (χ1v) is 8.28. The molecule has 3 nitrogen and oxygen atoms in total. The molecule has 0 atom stereocenters. The molecule has 1 N–H and O–H groups in total. The molecule has 2 aliphatic rings. The Morgan fingerprint density at radius 1 is 1.14 bits per heavy atom. The fourth-order valence-corrected chi connectivity index (χ4v) is 3.52. The zero-order valence-electron chi connectivity index (χ0n) is 12.6. The van der Waals surface area contributed by atoms with E-state index in [1.807, 2.05) is 12.1 Å². The van der Waals surface area contributed by atoms with Crippen LogP contribution in [0.3, 0.4) is 0 Å². The maximum atomic E-state index is 11.1. The Balaban J connectivity index is 1.64. The van der Waals surface area contributed by atoms with Crippen LogP contribution in [-0.4, -0.2) is 28.6 Å². The van der Waals surface area contributed by atoms with Gasteiger partial charge in [-0.1, -0.05) is 31.4 Å². The third kappa shape index (κ3) is 4.07. The maximum Gasteiger partial charge on any atom is 0.335 e. The van der Waals surface area contributed by atoms with Crippen molar-refractivity contribution in [2.24, 2.45) is 5.92 Å². The first-order valence-electron chi connectivity index (χ1n) is 8.28. The van der Waals surface area contributed by atoms with Crippen molar-refractivity contribution in [2.45, 2.75) is 57.5 Å². The van der Waals surface area contributed by atoms with Gasteiger partial charge < -0.3 is 5.11 Å². The highest BCUT2D eigenvalue weighted by atomic mass is 16.4. The Labute approximate surface area is 127 Å². The van der Waals surface area contributed by atoms with Crippen LogP contribution in [-0.2, 0) is 6.54 Å². The molecule has 1 aromatic rings. The number of carboxylic acid groups (broad SMARTS) is 1. The van der Waals surface area contributed by atoms with Gasteiger partial charge >= 0.3 is 5.97 Å². The second-order valence-electron chi connectivity index (χ2n) is 6.67. The molecule has 0 radical (unpaired) electrons. The zero-order valence-corrected chi connectivity index (χ0v) is 12.6. The highest BCUT2D eigenvalue weighted by Gasteiger charge is 2.30. The van der Waals surface area contributed by atoms with Gasteiger partial charge in [-0.15, -0.1) is 0 Å². The van der Waals surface area contributed by atoms with Crippen LogP contribution in [0.5, 0.6) is 0 Å². The lowest BCUT2D eigenvalue weighted by molar-refractivity contribution is 0.0696. The summed E-state index contributed by atoms with van der Waals surface area (Å²) in [5.74, 6) is 0.0177. The lowest BCUT2D eigenvalue weighted by Gasteiger charge is -2.30. The van der Waals surface area contributed by atoms with Gasteiger partial charge in [-0.2, -0.15) is 0 Å². The van der Waals surface area contributed by atoms with Crippen molar-refractivity contribution in [1.29, 1.82) is 0 Å². The SMILES string of the molecule is O=C(O)c1cccc(CN(CC2CCCCC2)C2CC2)c1. The standard InChI is InChI=1S/C18H25NO2/c20-18(21)16-8-4-7-15(11-16)13-19(17-9-10-17)12-14-5-2-1-3-6-14/h4,7-8,11,14,17H,1-3,5-6,9-10,12-13H2,(H,20,21). The smallest absolute Gasteiger partial charge is 0.335 e. The van der Waals surface area contributed by atoms with E-state index < -0.39 is 5.97 Å². The number of aromatic carboxylic acids is 1. The molecule has 3 rings (SSSR count). The van der Waals surface area contributed by atoms with E-state index in [0.29, 0.717) is 5.56 Å². The van der Waals surface area contributed by atoms with E-state index in [4.69, 9.17) is 5.11 Å². The molecule has 0 saturated heterocycles. The van der Waals surface area contributed by atoms with E-state index in [1.165, 1.54) is 51.5 Å². The summed E-state index contributed by atoms with van der Waals surface area (Å²) < 4.78 is 0. The van der Waals surface area contributed by atoms with Crippen molar-refractivity contribution < 1.29 is 9.90 Å². The number of rotatable bonds is 6. The summed E-state index contributed by atoms with van der Waals surface area (Å²) >= 11 is 0. The van der Waals surface area contributed by atoms with Crippen molar-refractivity contribution in [1.82, 2.24) is 4.90 Å². The molecule has 1 aromatic carbocycles. The fraction of sp³-hybridized carbons (Fsp3) is 0.611. The molecule has 0 spiro atoms. The first kappa shape index (κ1) is 14.6. The molecular formula is C18H25NO2.